The summed E-state index contributed by atoms with van der Waals surface area (Å²) in [6.45, 7) is 0. The molecule has 24 rings (SSSR count). The molecule has 24 aromatic rings. The van der Waals surface area contributed by atoms with Crippen molar-refractivity contribution in [3.63, 3.8) is 0 Å². The highest BCUT2D eigenvalue weighted by Gasteiger charge is 2.25. The molecule has 582 valence electrons. The molecule has 18 nitrogen and oxygen atoms in total. The molecule has 12 aromatic heterocycles. The summed E-state index contributed by atoms with van der Waals surface area (Å²) in [6, 6.07) is 128. The maximum atomic E-state index is 9.99. The molecule has 126 heavy (non-hydrogen) atoms. The maximum Gasteiger partial charge on any atom is 0.146 e. The summed E-state index contributed by atoms with van der Waals surface area (Å²) in [5, 5.41) is 70.4. The highest BCUT2D eigenvalue weighted by molar-refractivity contribution is 6.14. The van der Waals surface area contributed by atoms with E-state index in [-0.39, 0.29) is 0 Å². The van der Waals surface area contributed by atoms with Gasteiger partial charge in [0.05, 0.1) is 119 Å². The molecule has 0 aliphatic carbocycles. The lowest BCUT2D eigenvalue weighted by molar-refractivity contribution is 1.00. The molecule has 0 spiro atoms. The summed E-state index contributed by atoms with van der Waals surface area (Å²) in [6.07, 6.45) is 5.41. The Morgan fingerprint density at radius 1 is 0.183 bits per heavy atom. The van der Waals surface area contributed by atoms with Gasteiger partial charge in [-0.25, -0.2) is 29.9 Å². The quantitative estimate of drug-likeness (QED) is 0.131. The smallest absolute Gasteiger partial charge is 0.146 e. The summed E-state index contributed by atoms with van der Waals surface area (Å²) in [5.41, 5.74) is 20.4. The Labute approximate surface area is 718 Å². The third-order valence-electron chi connectivity index (χ3n) is 23.5. The summed E-state index contributed by atoms with van der Waals surface area (Å²) >= 11 is 0. The van der Waals surface area contributed by atoms with E-state index < -0.39 is 0 Å². The van der Waals surface area contributed by atoms with Crippen molar-refractivity contribution in [2.24, 2.45) is 0 Å². The van der Waals surface area contributed by atoms with Crippen LogP contribution in [-0.4, -0.2) is 57.3 Å². The van der Waals surface area contributed by atoms with Crippen molar-refractivity contribution in [2.45, 2.75) is 0 Å². The minimum absolute atomic E-state index is 0.585. The minimum atomic E-state index is 0.585. The highest BCUT2D eigenvalue weighted by atomic mass is 15.2. The van der Waals surface area contributed by atoms with Crippen molar-refractivity contribution in [1.29, 1.82) is 31.6 Å². The monoisotopic (exact) mass is 1610 g/mol. The first-order valence-electron chi connectivity index (χ1n) is 40.6. The van der Waals surface area contributed by atoms with E-state index in [4.69, 9.17) is 29.9 Å². The molecule has 0 amide bonds. The van der Waals surface area contributed by atoms with Crippen LogP contribution in [0, 0.1) is 68.0 Å². The summed E-state index contributed by atoms with van der Waals surface area (Å²) in [5.74, 6) is 4.31. The van der Waals surface area contributed by atoms with Crippen LogP contribution in [0.4, 0.5) is 0 Å². The number of nitrogens with zero attached hydrogens (tertiary/aromatic N) is 18. The molecule has 0 saturated heterocycles. The first-order valence-corrected chi connectivity index (χ1v) is 40.6. The van der Waals surface area contributed by atoms with E-state index in [9.17, 15) is 31.6 Å². The summed E-state index contributed by atoms with van der Waals surface area (Å²) in [4.78, 5) is 30.2. The van der Waals surface area contributed by atoms with Gasteiger partial charge in [0.15, 0.2) is 0 Å². The lowest BCUT2D eigenvalue weighted by Crippen LogP contribution is -2.05. The Hall–Kier alpha value is -18.7. The zero-order valence-electron chi connectivity index (χ0n) is 66.7. The van der Waals surface area contributed by atoms with E-state index in [0.717, 1.165) is 182 Å². The fraction of sp³-hybridized carbons (Fsp3) is 0. The van der Waals surface area contributed by atoms with Gasteiger partial charge in [0.2, 0.25) is 0 Å². The number of nitriles is 6. The van der Waals surface area contributed by atoms with Gasteiger partial charge in [-0.2, -0.15) is 31.6 Å². The van der Waals surface area contributed by atoms with E-state index in [2.05, 4.69) is 179 Å². The van der Waals surface area contributed by atoms with E-state index in [1.165, 1.54) is 0 Å². The van der Waals surface area contributed by atoms with E-state index in [1.54, 1.807) is 12.4 Å². The van der Waals surface area contributed by atoms with Gasteiger partial charge in [-0.15, -0.1) is 0 Å². The van der Waals surface area contributed by atoms with Gasteiger partial charge < -0.3 is 0 Å². The second-order valence-corrected chi connectivity index (χ2v) is 30.5. The number of pyridine rings is 6. The summed E-state index contributed by atoms with van der Waals surface area (Å²) < 4.78 is 12.7. The van der Waals surface area contributed by atoms with Gasteiger partial charge >= 0.3 is 0 Å². The Balaban J connectivity index is 0.000000112. The first-order chi connectivity index (χ1) is 62.2. The van der Waals surface area contributed by atoms with Crippen molar-refractivity contribution in [3.05, 3.63) is 398 Å². The third-order valence-corrected chi connectivity index (χ3v) is 23.5. The second kappa shape index (κ2) is 30.3. The Kier molecular flexibility index (Phi) is 17.7. The van der Waals surface area contributed by atoms with Crippen LogP contribution in [0.1, 0.15) is 33.4 Å². The van der Waals surface area contributed by atoms with Gasteiger partial charge in [0.1, 0.15) is 51.8 Å². The molecule has 0 atom stereocenters. The number of para-hydroxylation sites is 6. The largest absolute Gasteiger partial charge is 0.294 e. The average Bonchev–Trinajstić information content (AvgIpc) is 1.58. The molecule has 0 radical (unpaired) electrons. The molecular formula is C108H60N18. The highest BCUT2D eigenvalue weighted by Crippen LogP contribution is 2.43. The lowest BCUT2D eigenvalue weighted by atomic mass is 10.0. The SMILES string of the molecule is N#Cc1ccc(-c2cc(-n3c4ccccc4c4cc(C#N)ccc43)nc(-n3c4ccccc4c4cccnc43)c2)cc1.N#Cc1ccc2c(c1)c1ccccc1n2-c1cc(-c2ccccc2C#N)cc(-n2c3ccccc3c3cccnc32)n1.N#Cc1cccc(-c2cc(-n3c4ccccc4c4cc(C#N)ccc43)nc(-n3c4ccccc4c4cccnc43)c2)c1. The molecular weight excluding hydrogens is 1550 g/mol. The molecule has 0 bridgehead atoms. The molecule has 0 aliphatic rings. The number of benzene rings is 12. The summed E-state index contributed by atoms with van der Waals surface area (Å²) in [7, 11) is 0. The zero-order chi connectivity index (χ0) is 84.6. The fourth-order valence-corrected chi connectivity index (χ4v) is 18.0. The standard InChI is InChI=1S/3C36H20N6/c37-21-23-7-5-8-25(17-23)26-19-34(41-31-12-3-2-10-28(31)30-18-24(22-38)14-15-33(30)41)40-35(20-26)42-32-13-4-1-9-27(32)29-11-6-16-39-36(29)42;37-21-23-11-14-25(15-12-23)26-19-34(41-31-9-3-2-7-28(31)30-18-24(22-38)13-16-33(30)41)40-35(20-26)42-32-10-4-1-6-27(32)29-8-5-17-39-36(29)42;37-21-23-15-16-33-30(18-23)28-11-4-5-13-31(28)41(33)34-19-25(26-9-2-1-8-24(26)22-38)20-35(40-34)42-32-14-6-3-10-27(32)29-12-7-17-39-36(29)42/h3*1-20H. The Morgan fingerprint density at radius 2 is 0.468 bits per heavy atom. The van der Waals surface area contributed by atoms with Crippen molar-refractivity contribution in [3.8, 4) is 105 Å². The van der Waals surface area contributed by atoms with Crippen LogP contribution in [-0.2, 0) is 0 Å². The average molecular weight is 1610 g/mol. The Bertz CT molecular complexity index is 8820. The van der Waals surface area contributed by atoms with Crippen molar-refractivity contribution in [2.75, 3.05) is 0 Å². The van der Waals surface area contributed by atoms with Crippen LogP contribution in [0.2, 0.25) is 0 Å². The van der Waals surface area contributed by atoms with Gasteiger partial charge in [-0.05, 0) is 228 Å². The van der Waals surface area contributed by atoms with Crippen LogP contribution >= 0.6 is 0 Å². The topological polar surface area (TPSA) is 250 Å². The predicted octanol–water partition coefficient (Wildman–Crippen LogP) is 24.2. The lowest BCUT2D eigenvalue weighted by Gasteiger charge is -2.15. The molecule has 12 aromatic carbocycles. The maximum absolute atomic E-state index is 9.99. The van der Waals surface area contributed by atoms with Crippen LogP contribution in [0.3, 0.4) is 0 Å². The van der Waals surface area contributed by atoms with E-state index in [1.807, 2.05) is 237 Å². The van der Waals surface area contributed by atoms with Crippen LogP contribution < -0.4 is 0 Å². The second-order valence-electron chi connectivity index (χ2n) is 30.5. The van der Waals surface area contributed by atoms with Gasteiger partial charge in [0, 0.05) is 83.2 Å². The number of hydrogen-bond acceptors (Lipinski definition) is 12. The van der Waals surface area contributed by atoms with Crippen LogP contribution in [0.25, 0.3) is 200 Å². The molecule has 0 fully saturated rings. The van der Waals surface area contributed by atoms with Crippen molar-refractivity contribution in [1.82, 2.24) is 57.3 Å². The van der Waals surface area contributed by atoms with Crippen LogP contribution in [0.15, 0.2) is 364 Å². The molecule has 0 unspecified atom stereocenters. The Morgan fingerprint density at radius 3 is 0.833 bits per heavy atom. The van der Waals surface area contributed by atoms with E-state index in [0.29, 0.717) is 50.8 Å². The van der Waals surface area contributed by atoms with Gasteiger partial charge in [-0.1, -0.05) is 152 Å². The normalized spacial score (nSPS) is 11.3. The molecule has 0 N–H and O–H groups in total. The zero-order valence-corrected chi connectivity index (χ0v) is 66.7. The van der Waals surface area contributed by atoms with Gasteiger partial charge in [-0.3, -0.25) is 27.4 Å². The predicted molar refractivity (Wildman–Crippen MR) is 497 cm³/mol. The number of hydrogen-bond donors (Lipinski definition) is 0. The minimum Gasteiger partial charge on any atom is -0.294 e. The van der Waals surface area contributed by atoms with Crippen molar-refractivity contribution >= 4 is 131 Å². The van der Waals surface area contributed by atoms with Gasteiger partial charge in [0.25, 0.3) is 0 Å². The first kappa shape index (κ1) is 73.6. The molecule has 0 saturated carbocycles. The number of rotatable bonds is 9. The number of fused-ring (bicyclic) bond motifs is 18. The molecule has 18 heteroatoms. The number of aromatic nitrogens is 12. The molecule has 12 heterocycles. The third kappa shape index (κ3) is 12.2. The van der Waals surface area contributed by atoms with Crippen LogP contribution in [0.5, 0.6) is 0 Å². The van der Waals surface area contributed by atoms with E-state index >= 15 is 0 Å². The fourth-order valence-electron chi connectivity index (χ4n) is 18.0. The molecule has 0 aliphatic heterocycles. The van der Waals surface area contributed by atoms with Crippen molar-refractivity contribution < 1.29 is 0 Å².